The molecule has 2 aliphatic rings. The molecule has 0 amide bonds. The molecule has 2 fully saturated rings. The first kappa shape index (κ1) is 9.47. The molecular weight excluding hydrogens is 162 g/mol. The van der Waals surface area contributed by atoms with Crippen LogP contribution in [0.15, 0.2) is 0 Å². The van der Waals surface area contributed by atoms with E-state index in [0.29, 0.717) is 18.1 Å². The van der Waals surface area contributed by atoms with Crippen LogP contribution in [-0.2, 0) is 0 Å². The molecule has 0 saturated heterocycles. The predicted molar refractivity (Wildman–Crippen MR) is 53.6 cm³/mol. The zero-order valence-corrected chi connectivity index (χ0v) is 8.77. The van der Waals surface area contributed by atoms with Gasteiger partial charge in [-0.3, -0.25) is 0 Å². The van der Waals surface area contributed by atoms with Gasteiger partial charge in [0.2, 0.25) is 0 Å². The Kier molecular flexibility index (Phi) is 2.16. The Bertz CT molecular complexity index is 189. The van der Waals surface area contributed by atoms with Gasteiger partial charge in [0.1, 0.15) is 0 Å². The van der Waals surface area contributed by atoms with E-state index in [1.165, 1.54) is 19.3 Å². The van der Waals surface area contributed by atoms with Crippen molar-refractivity contribution in [1.29, 1.82) is 0 Å². The molecular formula is C11H21NO. The lowest BCUT2D eigenvalue weighted by Crippen LogP contribution is -2.58. The van der Waals surface area contributed by atoms with Gasteiger partial charge in [0, 0.05) is 11.6 Å². The molecule has 0 aliphatic heterocycles. The molecule has 0 aromatic carbocycles. The van der Waals surface area contributed by atoms with E-state index in [1.54, 1.807) is 0 Å². The van der Waals surface area contributed by atoms with Crippen molar-refractivity contribution < 1.29 is 5.11 Å². The van der Waals surface area contributed by atoms with Crippen molar-refractivity contribution in [1.82, 2.24) is 5.32 Å². The molecule has 13 heavy (non-hydrogen) atoms. The van der Waals surface area contributed by atoms with Crippen LogP contribution >= 0.6 is 0 Å². The van der Waals surface area contributed by atoms with Crippen LogP contribution in [0.25, 0.3) is 0 Å². The summed E-state index contributed by atoms with van der Waals surface area (Å²) < 4.78 is 0. The van der Waals surface area contributed by atoms with E-state index in [2.05, 4.69) is 19.2 Å². The molecule has 2 nitrogen and oxygen atoms in total. The van der Waals surface area contributed by atoms with Crippen LogP contribution in [0.2, 0.25) is 0 Å². The van der Waals surface area contributed by atoms with Crippen molar-refractivity contribution >= 4 is 0 Å². The molecule has 0 aromatic rings. The molecule has 0 heterocycles. The molecule has 0 radical (unpaired) electrons. The Balaban J connectivity index is 1.88. The van der Waals surface area contributed by atoms with Gasteiger partial charge in [-0.05, 0) is 44.4 Å². The third-order valence-corrected chi connectivity index (χ3v) is 4.22. The van der Waals surface area contributed by atoms with Crippen LogP contribution in [0, 0.1) is 5.41 Å². The summed E-state index contributed by atoms with van der Waals surface area (Å²) >= 11 is 0. The second kappa shape index (κ2) is 2.96. The average molecular weight is 183 g/mol. The molecule has 2 heteroatoms. The van der Waals surface area contributed by atoms with Crippen LogP contribution in [0.1, 0.15) is 46.0 Å². The highest BCUT2D eigenvalue weighted by atomic mass is 16.3. The molecule has 2 N–H and O–H groups in total. The van der Waals surface area contributed by atoms with Crippen molar-refractivity contribution in [2.75, 3.05) is 6.61 Å². The molecule has 0 spiro atoms. The third kappa shape index (κ3) is 1.62. The maximum Gasteiger partial charge on any atom is 0.0613 e. The third-order valence-electron chi connectivity index (χ3n) is 4.22. The summed E-state index contributed by atoms with van der Waals surface area (Å²) in [6.45, 7) is 4.92. The van der Waals surface area contributed by atoms with E-state index in [9.17, 15) is 5.11 Å². The van der Waals surface area contributed by atoms with Gasteiger partial charge in [-0.15, -0.1) is 0 Å². The topological polar surface area (TPSA) is 32.3 Å². The molecule has 2 rings (SSSR count). The second-order valence-corrected chi connectivity index (χ2v) is 5.31. The summed E-state index contributed by atoms with van der Waals surface area (Å²) in [7, 11) is 0. The van der Waals surface area contributed by atoms with Crippen LogP contribution in [0.5, 0.6) is 0 Å². The van der Waals surface area contributed by atoms with Gasteiger partial charge in [0.15, 0.2) is 0 Å². The van der Waals surface area contributed by atoms with Gasteiger partial charge < -0.3 is 10.4 Å². The Labute approximate surface area is 80.7 Å². The SMILES string of the molecule is CC(NC1(CO)CCC1)C1(C)CC1. The normalized spacial score (nSPS) is 30.7. The monoisotopic (exact) mass is 183 g/mol. The maximum atomic E-state index is 9.31. The molecule has 2 aliphatic carbocycles. The van der Waals surface area contributed by atoms with Gasteiger partial charge in [-0.2, -0.15) is 0 Å². The van der Waals surface area contributed by atoms with Crippen molar-refractivity contribution in [2.45, 2.75) is 57.5 Å². The Morgan fingerprint density at radius 1 is 1.31 bits per heavy atom. The number of aliphatic hydroxyl groups excluding tert-OH is 1. The minimum absolute atomic E-state index is 0.0883. The fourth-order valence-electron chi connectivity index (χ4n) is 2.22. The van der Waals surface area contributed by atoms with Crippen molar-refractivity contribution in [3.05, 3.63) is 0 Å². The van der Waals surface area contributed by atoms with Gasteiger partial charge in [-0.25, -0.2) is 0 Å². The van der Waals surface area contributed by atoms with Crippen LogP contribution in [0.3, 0.4) is 0 Å². The summed E-state index contributed by atoms with van der Waals surface area (Å²) in [6.07, 6.45) is 6.29. The number of aliphatic hydroxyl groups is 1. The Morgan fingerprint density at radius 3 is 2.23 bits per heavy atom. The van der Waals surface area contributed by atoms with E-state index >= 15 is 0 Å². The molecule has 0 aromatic heterocycles. The standard InChI is InChI=1S/C11H21NO/c1-9(10(2)6-7-10)12-11(8-13)4-3-5-11/h9,12-13H,3-8H2,1-2H3. The molecule has 76 valence electrons. The van der Waals surface area contributed by atoms with Gasteiger partial charge in [0.05, 0.1) is 6.61 Å². The fraction of sp³-hybridized carbons (Fsp3) is 1.00. The highest BCUT2D eigenvalue weighted by molar-refractivity contribution is 5.03. The zero-order chi connectivity index (χ0) is 9.53. The summed E-state index contributed by atoms with van der Waals surface area (Å²) in [5, 5.41) is 12.9. The molecule has 2 saturated carbocycles. The predicted octanol–water partition coefficient (Wildman–Crippen LogP) is 1.68. The molecule has 1 atom stereocenters. The van der Waals surface area contributed by atoms with Crippen LogP contribution < -0.4 is 5.32 Å². The first-order valence-corrected chi connectivity index (χ1v) is 5.49. The van der Waals surface area contributed by atoms with Crippen molar-refractivity contribution in [2.24, 2.45) is 5.41 Å². The minimum Gasteiger partial charge on any atom is -0.394 e. The Hall–Kier alpha value is -0.0800. The average Bonchev–Trinajstić information content (AvgIpc) is 2.77. The van der Waals surface area contributed by atoms with Crippen LogP contribution in [0.4, 0.5) is 0 Å². The van der Waals surface area contributed by atoms with Crippen LogP contribution in [-0.4, -0.2) is 23.3 Å². The lowest BCUT2D eigenvalue weighted by atomic mass is 9.76. The minimum atomic E-state index is 0.0883. The van der Waals surface area contributed by atoms with E-state index in [1.807, 2.05) is 0 Å². The van der Waals surface area contributed by atoms with Crippen molar-refractivity contribution in [3.8, 4) is 0 Å². The molecule has 1 unspecified atom stereocenters. The summed E-state index contributed by atoms with van der Waals surface area (Å²) in [5.41, 5.74) is 0.614. The quantitative estimate of drug-likeness (QED) is 0.695. The van der Waals surface area contributed by atoms with Gasteiger partial charge >= 0.3 is 0 Å². The highest BCUT2D eigenvalue weighted by Gasteiger charge is 2.46. The first-order valence-electron chi connectivity index (χ1n) is 5.49. The van der Waals surface area contributed by atoms with E-state index in [0.717, 1.165) is 12.8 Å². The van der Waals surface area contributed by atoms with E-state index in [4.69, 9.17) is 0 Å². The lowest BCUT2D eigenvalue weighted by Gasteiger charge is -2.44. The maximum absolute atomic E-state index is 9.31. The number of rotatable bonds is 4. The summed E-state index contributed by atoms with van der Waals surface area (Å²) in [5.74, 6) is 0. The molecule has 0 bridgehead atoms. The van der Waals surface area contributed by atoms with Crippen molar-refractivity contribution in [3.63, 3.8) is 0 Å². The highest BCUT2D eigenvalue weighted by Crippen LogP contribution is 2.49. The summed E-state index contributed by atoms with van der Waals surface area (Å²) in [4.78, 5) is 0. The Morgan fingerprint density at radius 2 is 1.92 bits per heavy atom. The smallest absolute Gasteiger partial charge is 0.0613 e. The lowest BCUT2D eigenvalue weighted by molar-refractivity contribution is 0.0689. The second-order valence-electron chi connectivity index (χ2n) is 5.31. The number of hydrogen-bond acceptors (Lipinski definition) is 2. The zero-order valence-electron chi connectivity index (χ0n) is 8.77. The number of nitrogens with one attached hydrogen (secondary N) is 1. The van der Waals surface area contributed by atoms with Gasteiger partial charge in [0.25, 0.3) is 0 Å². The fourth-order valence-corrected chi connectivity index (χ4v) is 2.22. The largest absolute Gasteiger partial charge is 0.394 e. The van der Waals surface area contributed by atoms with E-state index < -0.39 is 0 Å². The van der Waals surface area contributed by atoms with E-state index in [-0.39, 0.29) is 5.54 Å². The summed E-state index contributed by atoms with van der Waals surface area (Å²) in [6, 6.07) is 0.569. The first-order chi connectivity index (χ1) is 6.10. The van der Waals surface area contributed by atoms with Gasteiger partial charge in [-0.1, -0.05) is 6.92 Å². The number of hydrogen-bond donors (Lipinski definition) is 2.